The quantitative estimate of drug-likeness (QED) is 0.670. The number of hydrogen-bond donors (Lipinski definition) is 0. The Morgan fingerprint density at radius 3 is 2.59 bits per heavy atom. The zero-order chi connectivity index (χ0) is 20.8. The number of rotatable bonds is 6. The maximum absolute atomic E-state index is 12.6. The van der Waals surface area contributed by atoms with Gasteiger partial charge in [-0.3, -0.25) is 4.79 Å². The number of benzene rings is 1. The lowest BCUT2D eigenvalue weighted by molar-refractivity contribution is -0.126. The molecule has 1 aromatic carbocycles. The Balaban J connectivity index is 1.63. The highest BCUT2D eigenvalue weighted by molar-refractivity contribution is 6.32. The van der Waals surface area contributed by atoms with Gasteiger partial charge in [-0.05, 0) is 49.8 Å². The van der Waals surface area contributed by atoms with E-state index in [9.17, 15) is 4.79 Å². The third-order valence-corrected chi connectivity index (χ3v) is 4.87. The fourth-order valence-corrected chi connectivity index (χ4v) is 3.42. The number of pyridine rings is 1. The fourth-order valence-electron chi connectivity index (χ4n) is 3.16. The number of halogens is 1. The van der Waals surface area contributed by atoms with Gasteiger partial charge in [-0.2, -0.15) is 0 Å². The van der Waals surface area contributed by atoms with Gasteiger partial charge in [0.1, 0.15) is 5.82 Å². The van der Waals surface area contributed by atoms with E-state index >= 15 is 0 Å². The van der Waals surface area contributed by atoms with Crippen molar-refractivity contribution in [1.82, 2.24) is 9.88 Å². The van der Waals surface area contributed by atoms with E-state index in [4.69, 9.17) is 21.1 Å². The van der Waals surface area contributed by atoms with Crippen LogP contribution in [0.25, 0.3) is 6.08 Å². The largest absolute Gasteiger partial charge is 0.493 e. The molecule has 1 aliphatic heterocycles. The van der Waals surface area contributed by atoms with Crippen LogP contribution in [0.1, 0.15) is 19.4 Å². The SMILES string of the molecule is COc1cc(/C=C/C(=O)N2CCN(c3ccccn3)CC2)cc(Cl)c1OC(C)C. The van der Waals surface area contributed by atoms with Crippen LogP contribution in [-0.4, -0.2) is 55.2 Å². The fraction of sp³-hybridized carbons (Fsp3) is 0.364. The average molecular weight is 416 g/mol. The van der Waals surface area contributed by atoms with Crippen molar-refractivity contribution >= 4 is 29.4 Å². The molecular weight excluding hydrogens is 390 g/mol. The van der Waals surface area contributed by atoms with Crippen LogP contribution < -0.4 is 14.4 Å². The van der Waals surface area contributed by atoms with Crippen molar-refractivity contribution in [1.29, 1.82) is 0 Å². The van der Waals surface area contributed by atoms with Gasteiger partial charge in [-0.15, -0.1) is 0 Å². The highest BCUT2D eigenvalue weighted by Crippen LogP contribution is 2.37. The van der Waals surface area contributed by atoms with Crippen molar-refractivity contribution < 1.29 is 14.3 Å². The minimum absolute atomic E-state index is 0.0193. The van der Waals surface area contributed by atoms with E-state index in [2.05, 4.69) is 9.88 Å². The van der Waals surface area contributed by atoms with Crippen molar-refractivity contribution in [2.24, 2.45) is 0 Å². The van der Waals surface area contributed by atoms with Gasteiger partial charge in [-0.1, -0.05) is 17.7 Å². The number of aromatic nitrogens is 1. The number of amides is 1. The summed E-state index contributed by atoms with van der Waals surface area (Å²) in [6, 6.07) is 9.44. The molecule has 7 heteroatoms. The smallest absolute Gasteiger partial charge is 0.246 e. The van der Waals surface area contributed by atoms with Crippen LogP contribution >= 0.6 is 11.6 Å². The molecule has 6 nitrogen and oxygen atoms in total. The number of carbonyl (C=O) groups excluding carboxylic acids is 1. The first kappa shape index (κ1) is 21.0. The summed E-state index contributed by atoms with van der Waals surface area (Å²) in [5, 5.41) is 0.453. The third kappa shape index (κ3) is 5.41. The summed E-state index contributed by atoms with van der Waals surface area (Å²) in [6.45, 7) is 6.69. The molecule has 0 bridgehead atoms. The third-order valence-electron chi connectivity index (χ3n) is 4.59. The van der Waals surface area contributed by atoms with Gasteiger partial charge in [0.05, 0.1) is 18.2 Å². The first-order valence-electron chi connectivity index (χ1n) is 9.65. The minimum atomic E-state index is -0.0248. The van der Waals surface area contributed by atoms with Gasteiger partial charge in [0.2, 0.25) is 5.91 Å². The average Bonchev–Trinajstić information content (AvgIpc) is 2.74. The molecule has 1 aliphatic rings. The highest BCUT2D eigenvalue weighted by Gasteiger charge is 2.20. The molecule has 3 rings (SSSR count). The van der Waals surface area contributed by atoms with Crippen LogP contribution in [0.5, 0.6) is 11.5 Å². The van der Waals surface area contributed by atoms with Crippen LogP contribution in [-0.2, 0) is 4.79 Å². The molecule has 1 saturated heterocycles. The maximum atomic E-state index is 12.6. The first-order chi connectivity index (χ1) is 14.0. The van der Waals surface area contributed by atoms with Crippen molar-refractivity contribution in [2.75, 3.05) is 38.2 Å². The number of carbonyl (C=O) groups is 1. The molecule has 0 N–H and O–H groups in total. The lowest BCUT2D eigenvalue weighted by atomic mass is 10.1. The standard InChI is InChI=1S/C22H26ClN3O3/c1-16(2)29-22-18(23)14-17(15-19(22)28-3)7-8-21(27)26-12-10-25(11-13-26)20-6-4-5-9-24-20/h4-9,14-16H,10-13H2,1-3H3/b8-7+. The van der Waals surface area contributed by atoms with Gasteiger partial charge in [0, 0.05) is 38.5 Å². The van der Waals surface area contributed by atoms with Crippen LogP contribution in [0.2, 0.25) is 5.02 Å². The predicted octanol–water partition coefficient (Wildman–Crippen LogP) is 3.89. The number of methoxy groups -OCH3 is 1. The zero-order valence-corrected chi connectivity index (χ0v) is 17.7. The summed E-state index contributed by atoms with van der Waals surface area (Å²) >= 11 is 6.35. The Kier molecular flexibility index (Phi) is 6.99. The van der Waals surface area contributed by atoms with Crippen molar-refractivity contribution in [3.05, 3.63) is 53.2 Å². The number of piperazine rings is 1. The molecule has 0 atom stereocenters. The second-order valence-electron chi connectivity index (χ2n) is 7.03. The van der Waals surface area contributed by atoms with E-state index in [1.807, 2.05) is 43.0 Å². The summed E-state index contributed by atoms with van der Waals surface area (Å²) in [4.78, 5) is 21.0. The molecule has 1 aromatic heterocycles. The molecule has 1 fully saturated rings. The van der Waals surface area contributed by atoms with E-state index in [1.54, 1.807) is 31.5 Å². The zero-order valence-electron chi connectivity index (χ0n) is 17.0. The molecule has 2 aromatic rings. The molecule has 0 unspecified atom stereocenters. The molecular formula is C22H26ClN3O3. The highest BCUT2D eigenvalue weighted by atomic mass is 35.5. The number of hydrogen-bond acceptors (Lipinski definition) is 5. The van der Waals surface area contributed by atoms with Crippen molar-refractivity contribution in [3.63, 3.8) is 0 Å². The Morgan fingerprint density at radius 2 is 1.97 bits per heavy atom. The Bertz CT molecular complexity index is 863. The van der Waals surface area contributed by atoms with Crippen LogP contribution in [0.15, 0.2) is 42.6 Å². The van der Waals surface area contributed by atoms with Gasteiger partial charge < -0.3 is 19.3 Å². The van der Waals surface area contributed by atoms with E-state index < -0.39 is 0 Å². The van der Waals surface area contributed by atoms with Crippen LogP contribution in [0, 0.1) is 0 Å². The van der Waals surface area contributed by atoms with Gasteiger partial charge in [-0.25, -0.2) is 4.98 Å². The second kappa shape index (κ2) is 9.65. The number of anilines is 1. The molecule has 0 radical (unpaired) electrons. The topological polar surface area (TPSA) is 54.9 Å². The van der Waals surface area contributed by atoms with Gasteiger partial charge in [0.25, 0.3) is 0 Å². The Hall–Kier alpha value is -2.73. The summed E-state index contributed by atoms with van der Waals surface area (Å²) in [5.74, 6) is 1.98. The molecule has 0 aliphatic carbocycles. The van der Waals surface area contributed by atoms with Crippen molar-refractivity contribution in [3.8, 4) is 11.5 Å². The molecule has 29 heavy (non-hydrogen) atoms. The van der Waals surface area contributed by atoms with E-state index in [-0.39, 0.29) is 12.0 Å². The first-order valence-corrected chi connectivity index (χ1v) is 10.0. The monoisotopic (exact) mass is 415 g/mol. The van der Waals surface area contributed by atoms with Crippen molar-refractivity contribution in [2.45, 2.75) is 20.0 Å². The Morgan fingerprint density at radius 1 is 1.21 bits per heavy atom. The lowest BCUT2D eigenvalue weighted by Gasteiger charge is -2.34. The molecule has 1 amide bonds. The minimum Gasteiger partial charge on any atom is -0.493 e. The maximum Gasteiger partial charge on any atom is 0.246 e. The van der Waals surface area contributed by atoms with Crippen LogP contribution in [0.3, 0.4) is 0 Å². The summed E-state index contributed by atoms with van der Waals surface area (Å²) < 4.78 is 11.1. The molecule has 154 valence electrons. The summed E-state index contributed by atoms with van der Waals surface area (Å²) in [5.41, 5.74) is 0.781. The number of nitrogens with zero attached hydrogens (tertiary/aromatic N) is 3. The summed E-state index contributed by atoms with van der Waals surface area (Å²) in [6.07, 6.45) is 5.09. The van der Waals surface area contributed by atoms with E-state index in [0.717, 1.165) is 24.5 Å². The van der Waals surface area contributed by atoms with E-state index in [0.29, 0.717) is 29.6 Å². The van der Waals surface area contributed by atoms with Gasteiger partial charge in [0.15, 0.2) is 11.5 Å². The normalized spacial score (nSPS) is 14.5. The summed E-state index contributed by atoms with van der Waals surface area (Å²) in [7, 11) is 1.57. The second-order valence-corrected chi connectivity index (χ2v) is 7.44. The molecule has 0 saturated carbocycles. The van der Waals surface area contributed by atoms with E-state index in [1.165, 1.54) is 0 Å². The molecule has 0 spiro atoms. The van der Waals surface area contributed by atoms with Crippen LogP contribution in [0.4, 0.5) is 5.82 Å². The van der Waals surface area contributed by atoms with Gasteiger partial charge >= 0.3 is 0 Å². The predicted molar refractivity (Wildman–Crippen MR) is 116 cm³/mol. The number of ether oxygens (including phenoxy) is 2. The lowest BCUT2D eigenvalue weighted by Crippen LogP contribution is -2.48. The molecule has 2 heterocycles. The Labute approximate surface area is 176 Å².